The van der Waals surface area contributed by atoms with E-state index in [1.165, 1.54) is 17.7 Å². The summed E-state index contributed by atoms with van der Waals surface area (Å²) in [6, 6.07) is 21.1. The topological polar surface area (TPSA) is 84.5 Å². The maximum atomic E-state index is 12.6. The summed E-state index contributed by atoms with van der Waals surface area (Å²) in [7, 11) is -3.74. The number of nitrogens with one attached hydrogen (secondary N) is 2. The highest BCUT2D eigenvalue weighted by atomic mass is 32.2. The molecule has 2 N–H and O–H groups in total. The van der Waals surface area contributed by atoms with Gasteiger partial charge in [0.2, 0.25) is 5.91 Å². The van der Waals surface area contributed by atoms with E-state index in [4.69, 9.17) is 4.74 Å². The predicted molar refractivity (Wildman–Crippen MR) is 128 cm³/mol. The van der Waals surface area contributed by atoms with E-state index < -0.39 is 10.0 Å². The summed E-state index contributed by atoms with van der Waals surface area (Å²) in [5.41, 5.74) is 3.37. The quantitative estimate of drug-likeness (QED) is 0.452. The van der Waals surface area contributed by atoms with E-state index >= 15 is 0 Å². The van der Waals surface area contributed by atoms with E-state index in [9.17, 15) is 13.2 Å². The van der Waals surface area contributed by atoms with Crippen LogP contribution in [0.15, 0.2) is 77.7 Å². The standard InChI is InChI=1S/C25H28N2O4S/c1-3-19-5-7-20(8-6-19)9-18-25(28)26-21-12-16-24(17-13-21)32(29,30)27-22-10-14-23(15-11-22)31-4-2/h5-8,10-17,27H,3-4,9,18H2,1-2H3,(H,26,28). The second kappa shape index (κ2) is 10.8. The molecule has 0 saturated heterocycles. The molecule has 0 atom stereocenters. The van der Waals surface area contributed by atoms with Crippen LogP contribution in [0.25, 0.3) is 0 Å². The molecule has 0 heterocycles. The van der Waals surface area contributed by atoms with Gasteiger partial charge in [0, 0.05) is 17.8 Å². The Morgan fingerprint density at radius 2 is 1.41 bits per heavy atom. The number of rotatable bonds is 10. The number of amides is 1. The van der Waals surface area contributed by atoms with Crippen LogP contribution in [-0.2, 0) is 27.7 Å². The van der Waals surface area contributed by atoms with E-state index in [1.54, 1.807) is 36.4 Å². The lowest BCUT2D eigenvalue weighted by molar-refractivity contribution is -0.116. The Hall–Kier alpha value is -3.32. The molecule has 6 nitrogen and oxygen atoms in total. The summed E-state index contributed by atoms with van der Waals surface area (Å²) in [5.74, 6) is 0.557. The van der Waals surface area contributed by atoms with Crippen LogP contribution in [-0.4, -0.2) is 20.9 Å². The number of ether oxygens (including phenoxy) is 1. The van der Waals surface area contributed by atoms with Crippen molar-refractivity contribution >= 4 is 27.3 Å². The van der Waals surface area contributed by atoms with E-state index in [2.05, 4.69) is 29.1 Å². The van der Waals surface area contributed by atoms with Crippen molar-refractivity contribution in [3.05, 3.63) is 83.9 Å². The zero-order chi connectivity index (χ0) is 23.0. The summed E-state index contributed by atoms with van der Waals surface area (Å²) in [4.78, 5) is 12.4. The zero-order valence-corrected chi connectivity index (χ0v) is 19.1. The molecule has 7 heteroatoms. The van der Waals surface area contributed by atoms with Crippen LogP contribution < -0.4 is 14.8 Å². The molecule has 0 aromatic heterocycles. The van der Waals surface area contributed by atoms with Gasteiger partial charge in [0.25, 0.3) is 10.0 Å². The van der Waals surface area contributed by atoms with Gasteiger partial charge in [-0.3, -0.25) is 9.52 Å². The summed E-state index contributed by atoms with van der Waals surface area (Å²) >= 11 is 0. The predicted octanol–water partition coefficient (Wildman–Crippen LogP) is 5.02. The molecule has 0 aliphatic rings. The van der Waals surface area contributed by atoms with Crippen LogP contribution in [0.2, 0.25) is 0 Å². The van der Waals surface area contributed by atoms with Crippen LogP contribution in [0.5, 0.6) is 5.75 Å². The highest BCUT2D eigenvalue weighted by Gasteiger charge is 2.14. The second-order valence-corrected chi connectivity index (χ2v) is 8.99. The van der Waals surface area contributed by atoms with E-state index in [0.29, 0.717) is 36.6 Å². The third kappa shape index (κ3) is 6.59. The van der Waals surface area contributed by atoms with Gasteiger partial charge in [-0.15, -0.1) is 0 Å². The number of hydrogen-bond donors (Lipinski definition) is 2. The van der Waals surface area contributed by atoms with Crippen LogP contribution in [0.1, 0.15) is 31.4 Å². The Morgan fingerprint density at radius 3 is 2.00 bits per heavy atom. The number of anilines is 2. The van der Waals surface area contributed by atoms with Crippen molar-refractivity contribution in [1.29, 1.82) is 0 Å². The van der Waals surface area contributed by atoms with Crippen LogP contribution in [0.3, 0.4) is 0 Å². The highest BCUT2D eigenvalue weighted by Crippen LogP contribution is 2.21. The third-order valence-corrected chi connectivity index (χ3v) is 6.34. The van der Waals surface area contributed by atoms with Gasteiger partial charge >= 0.3 is 0 Å². The molecular formula is C25H28N2O4S. The van der Waals surface area contributed by atoms with Gasteiger partial charge in [0.05, 0.1) is 11.5 Å². The van der Waals surface area contributed by atoms with Crippen molar-refractivity contribution in [2.45, 2.75) is 38.0 Å². The molecule has 168 valence electrons. The molecule has 3 aromatic carbocycles. The summed E-state index contributed by atoms with van der Waals surface area (Å²) in [6.45, 7) is 4.53. The zero-order valence-electron chi connectivity index (χ0n) is 18.3. The summed E-state index contributed by atoms with van der Waals surface area (Å²) in [5, 5.41) is 2.81. The van der Waals surface area contributed by atoms with Crippen molar-refractivity contribution < 1.29 is 17.9 Å². The van der Waals surface area contributed by atoms with E-state index in [1.807, 2.05) is 19.1 Å². The summed E-state index contributed by atoms with van der Waals surface area (Å²) < 4.78 is 33.1. The maximum Gasteiger partial charge on any atom is 0.261 e. The van der Waals surface area contributed by atoms with Gasteiger partial charge in [-0.2, -0.15) is 0 Å². The first-order chi connectivity index (χ1) is 15.4. The highest BCUT2D eigenvalue weighted by molar-refractivity contribution is 7.92. The fourth-order valence-electron chi connectivity index (χ4n) is 3.14. The molecule has 0 fully saturated rings. The van der Waals surface area contributed by atoms with E-state index in [-0.39, 0.29) is 10.8 Å². The van der Waals surface area contributed by atoms with Gasteiger partial charge in [-0.25, -0.2) is 8.42 Å². The van der Waals surface area contributed by atoms with Crippen LogP contribution in [0.4, 0.5) is 11.4 Å². The first-order valence-electron chi connectivity index (χ1n) is 10.6. The number of sulfonamides is 1. The lowest BCUT2D eigenvalue weighted by atomic mass is 10.1. The Kier molecular flexibility index (Phi) is 7.89. The molecule has 3 aromatic rings. The van der Waals surface area contributed by atoms with Gasteiger partial charge in [0.1, 0.15) is 5.75 Å². The Morgan fingerprint density at radius 1 is 0.812 bits per heavy atom. The Labute approximate surface area is 189 Å². The Bertz CT molecular complexity index is 1120. The smallest absolute Gasteiger partial charge is 0.261 e. The molecule has 0 bridgehead atoms. The second-order valence-electron chi connectivity index (χ2n) is 7.31. The van der Waals surface area contributed by atoms with Crippen molar-refractivity contribution in [1.82, 2.24) is 0 Å². The van der Waals surface area contributed by atoms with Crippen LogP contribution >= 0.6 is 0 Å². The molecule has 0 aliphatic heterocycles. The van der Waals surface area contributed by atoms with Gasteiger partial charge in [-0.1, -0.05) is 31.2 Å². The fraction of sp³-hybridized carbons (Fsp3) is 0.240. The van der Waals surface area contributed by atoms with E-state index in [0.717, 1.165) is 12.0 Å². The monoisotopic (exact) mass is 452 g/mol. The SMILES string of the molecule is CCOc1ccc(NS(=O)(=O)c2ccc(NC(=O)CCc3ccc(CC)cc3)cc2)cc1. The molecule has 32 heavy (non-hydrogen) atoms. The van der Waals surface area contributed by atoms with Gasteiger partial charge in [0.15, 0.2) is 0 Å². The van der Waals surface area contributed by atoms with Gasteiger partial charge < -0.3 is 10.1 Å². The number of aryl methyl sites for hydroxylation is 2. The molecule has 3 rings (SSSR count). The van der Waals surface area contributed by atoms with Crippen molar-refractivity contribution in [2.24, 2.45) is 0 Å². The molecule has 0 spiro atoms. The molecule has 0 saturated carbocycles. The number of carbonyl (C=O) groups excluding carboxylic acids is 1. The average molecular weight is 453 g/mol. The normalized spacial score (nSPS) is 11.1. The molecule has 0 aliphatic carbocycles. The van der Waals surface area contributed by atoms with Crippen molar-refractivity contribution in [2.75, 3.05) is 16.6 Å². The summed E-state index contributed by atoms with van der Waals surface area (Å²) in [6.07, 6.45) is 1.99. The minimum absolute atomic E-state index is 0.111. The number of benzene rings is 3. The average Bonchev–Trinajstić information content (AvgIpc) is 2.80. The minimum atomic E-state index is -3.74. The first-order valence-corrected chi connectivity index (χ1v) is 12.1. The first kappa shape index (κ1) is 23.3. The Balaban J connectivity index is 1.55. The van der Waals surface area contributed by atoms with Crippen LogP contribution in [0, 0.1) is 0 Å². The lowest BCUT2D eigenvalue weighted by Gasteiger charge is -2.10. The van der Waals surface area contributed by atoms with Crippen molar-refractivity contribution in [3.63, 3.8) is 0 Å². The fourth-order valence-corrected chi connectivity index (χ4v) is 4.20. The van der Waals surface area contributed by atoms with Gasteiger partial charge in [-0.05, 0) is 79.4 Å². The lowest BCUT2D eigenvalue weighted by Crippen LogP contribution is -2.14. The number of carbonyl (C=O) groups is 1. The maximum absolute atomic E-state index is 12.6. The molecular weight excluding hydrogens is 424 g/mol. The molecule has 1 amide bonds. The third-order valence-electron chi connectivity index (χ3n) is 4.94. The minimum Gasteiger partial charge on any atom is -0.494 e. The van der Waals surface area contributed by atoms with Crippen molar-refractivity contribution in [3.8, 4) is 5.75 Å². The molecule has 0 radical (unpaired) electrons. The number of hydrogen-bond acceptors (Lipinski definition) is 4. The largest absolute Gasteiger partial charge is 0.494 e. The molecule has 0 unspecified atom stereocenters.